The summed E-state index contributed by atoms with van der Waals surface area (Å²) >= 11 is 1.71. The molecule has 0 aromatic carbocycles. The number of thiazole rings is 1. The molecule has 0 radical (unpaired) electrons. The Morgan fingerprint density at radius 2 is 2.43 bits per heavy atom. The van der Waals surface area contributed by atoms with E-state index in [9.17, 15) is 0 Å². The van der Waals surface area contributed by atoms with Crippen LogP contribution in [0, 0.1) is 6.92 Å². The molecule has 1 heterocycles. The second-order valence-electron chi connectivity index (χ2n) is 4.20. The van der Waals surface area contributed by atoms with Gasteiger partial charge >= 0.3 is 0 Å². The van der Waals surface area contributed by atoms with Crippen LogP contribution in [0.2, 0.25) is 0 Å². The van der Waals surface area contributed by atoms with Gasteiger partial charge < -0.3 is 11.1 Å². The van der Waals surface area contributed by atoms with E-state index in [1.54, 1.807) is 11.3 Å². The van der Waals surface area contributed by atoms with Crippen molar-refractivity contribution in [2.45, 2.75) is 38.3 Å². The molecule has 4 heteroatoms. The van der Waals surface area contributed by atoms with E-state index in [1.165, 1.54) is 6.42 Å². The molecule has 1 aromatic heterocycles. The van der Waals surface area contributed by atoms with Gasteiger partial charge in [0.2, 0.25) is 0 Å². The van der Waals surface area contributed by atoms with E-state index in [0.717, 1.165) is 36.6 Å². The summed E-state index contributed by atoms with van der Waals surface area (Å²) in [6.07, 6.45) is 3.61. The van der Waals surface area contributed by atoms with Crippen LogP contribution in [0.3, 0.4) is 0 Å². The normalized spacial score (nSPS) is 19.3. The molecular formula is C10H17N3S. The van der Waals surface area contributed by atoms with Gasteiger partial charge in [0.1, 0.15) is 5.01 Å². The zero-order valence-electron chi connectivity index (χ0n) is 8.55. The van der Waals surface area contributed by atoms with Crippen molar-refractivity contribution < 1.29 is 0 Å². The molecule has 1 aliphatic rings. The Balaban J connectivity index is 1.72. The van der Waals surface area contributed by atoms with Crippen LogP contribution in [-0.4, -0.2) is 17.1 Å². The predicted octanol–water partition coefficient (Wildman–Crippen LogP) is 1.42. The largest absolute Gasteiger partial charge is 0.324 e. The lowest BCUT2D eigenvalue weighted by Gasteiger charge is -2.38. The summed E-state index contributed by atoms with van der Waals surface area (Å²) in [6.45, 7) is 3.80. The van der Waals surface area contributed by atoms with Crippen LogP contribution in [0.4, 0.5) is 0 Å². The number of nitrogens with one attached hydrogen (secondary N) is 1. The minimum absolute atomic E-state index is 0.0757. The third-order valence-electron chi connectivity index (χ3n) is 2.77. The van der Waals surface area contributed by atoms with E-state index in [1.807, 2.05) is 6.92 Å². The Morgan fingerprint density at radius 3 is 2.93 bits per heavy atom. The molecule has 0 bridgehead atoms. The maximum atomic E-state index is 6.09. The fraction of sp³-hybridized carbons (Fsp3) is 0.700. The Labute approximate surface area is 88.7 Å². The van der Waals surface area contributed by atoms with E-state index < -0.39 is 0 Å². The first-order chi connectivity index (χ1) is 6.68. The van der Waals surface area contributed by atoms with Gasteiger partial charge in [0.25, 0.3) is 0 Å². The van der Waals surface area contributed by atoms with Crippen LogP contribution < -0.4 is 11.1 Å². The Hall–Kier alpha value is -0.450. The maximum Gasteiger partial charge on any atom is 0.107 e. The molecule has 1 aromatic rings. The molecule has 3 nitrogen and oxygen atoms in total. The van der Waals surface area contributed by atoms with Gasteiger partial charge in [-0.3, -0.25) is 0 Å². The highest BCUT2D eigenvalue weighted by atomic mass is 32.1. The first-order valence-corrected chi connectivity index (χ1v) is 5.97. The topological polar surface area (TPSA) is 50.9 Å². The van der Waals surface area contributed by atoms with Crippen molar-refractivity contribution >= 4 is 11.3 Å². The van der Waals surface area contributed by atoms with E-state index in [4.69, 9.17) is 5.73 Å². The average molecular weight is 211 g/mol. The van der Waals surface area contributed by atoms with Crippen molar-refractivity contribution in [3.8, 4) is 0 Å². The van der Waals surface area contributed by atoms with Gasteiger partial charge in [-0.1, -0.05) is 0 Å². The zero-order chi connectivity index (χ0) is 10.0. The van der Waals surface area contributed by atoms with E-state index in [-0.39, 0.29) is 5.54 Å². The van der Waals surface area contributed by atoms with Gasteiger partial charge in [-0.15, -0.1) is 11.3 Å². The van der Waals surface area contributed by atoms with Crippen molar-refractivity contribution in [3.05, 3.63) is 16.1 Å². The molecular weight excluding hydrogens is 194 g/mol. The Bertz CT molecular complexity index is 304. The van der Waals surface area contributed by atoms with Gasteiger partial charge in [-0.2, -0.15) is 0 Å². The smallest absolute Gasteiger partial charge is 0.107 e. The molecule has 0 unspecified atom stereocenters. The third-order valence-corrected chi connectivity index (χ3v) is 3.74. The lowest BCUT2D eigenvalue weighted by atomic mass is 9.78. The van der Waals surface area contributed by atoms with Crippen LogP contribution in [-0.2, 0) is 6.54 Å². The van der Waals surface area contributed by atoms with Crippen LogP contribution in [0.1, 0.15) is 30.0 Å². The molecule has 2 rings (SSSR count). The number of aromatic nitrogens is 1. The molecule has 0 spiro atoms. The molecule has 0 atom stereocenters. The first kappa shape index (κ1) is 10.1. The van der Waals surface area contributed by atoms with Crippen LogP contribution in [0.25, 0.3) is 0 Å². The highest BCUT2D eigenvalue weighted by Crippen LogP contribution is 2.28. The van der Waals surface area contributed by atoms with Crippen LogP contribution >= 0.6 is 11.3 Å². The monoisotopic (exact) mass is 211 g/mol. The number of nitrogens with zero attached hydrogens (tertiary/aromatic N) is 1. The van der Waals surface area contributed by atoms with Crippen molar-refractivity contribution in [3.63, 3.8) is 0 Å². The highest BCUT2D eigenvalue weighted by molar-refractivity contribution is 7.09. The lowest BCUT2D eigenvalue weighted by molar-refractivity contribution is 0.239. The van der Waals surface area contributed by atoms with Crippen molar-refractivity contribution in [2.75, 3.05) is 6.54 Å². The summed E-state index contributed by atoms with van der Waals surface area (Å²) < 4.78 is 0. The standard InChI is InChI=1S/C10H17N3S/c1-8-6-14-9(13-8)5-12-7-10(11)3-2-4-10/h6,12H,2-5,7,11H2,1H3. The van der Waals surface area contributed by atoms with E-state index in [2.05, 4.69) is 15.7 Å². The summed E-state index contributed by atoms with van der Waals surface area (Å²) in [5, 5.41) is 6.62. The summed E-state index contributed by atoms with van der Waals surface area (Å²) in [7, 11) is 0. The van der Waals surface area contributed by atoms with E-state index in [0.29, 0.717) is 0 Å². The number of hydrogen-bond acceptors (Lipinski definition) is 4. The van der Waals surface area contributed by atoms with Crippen LogP contribution in [0.5, 0.6) is 0 Å². The maximum absolute atomic E-state index is 6.09. The summed E-state index contributed by atoms with van der Waals surface area (Å²) in [5.41, 5.74) is 7.28. The Kier molecular flexibility index (Phi) is 2.85. The first-order valence-electron chi connectivity index (χ1n) is 5.09. The molecule has 1 saturated carbocycles. The van der Waals surface area contributed by atoms with Crippen molar-refractivity contribution in [1.82, 2.24) is 10.3 Å². The molecule has 78 valence electrons. The van der Waals surface area contributed by atoms with Gasteiger partial charge in [0.15, 0.2) is 0 Å². The third kappa shape index (κ3) is 2.32. The number of aryl methyl sites for hydroxylation is 1. The Morgan fingerprint density at radius 1 is 1.64 bits per heavy atom. The summed E-state index contributed by atoms with van der Waals surface area (Å²) in [4.78, 5) is 4.39. The quantitative estimate of drug-likeness (QED) is 0.792. The fourth-order valence-electron chi connectivity index (χ4n) is 1.71. The average Bonchev–Trinajstić information content (AvgIpc) is 2.49. The predicted molar refractivity (Wildman–Crippen MR) is 59.3 cm³/mol. The summed E-state index contributed by atoms with van der Waals surface area (Å²) in [6, 6.07) is 0. The second kappa shape index (κ2) is 3.96. The SMILES string of the molecule is Cc1csc(CNCC2(N)CCC2)n1. The van der Waals surface area contributed by atoms with Gasteiger partial charge in [0.05, 0.1) is 0 Å². The molecule has 3 N–H and O–H groups in total. The number of rotatable bonds is 4. The lowest BCUT2D eigenvalue weighted by Crippen LogP contribution is -2.53. The van der Waals surface area contributed by atoms with Gasteiger partial charge in [0, 0.05) is 29.7 Å². The molecule has 0 amide bonds. The fourth-order valence-corrected chi connectivity index (χ4v) is 2.45. The molecule has 14 heavy (non-hydrogen) atoms. The highest BCUT2D eigenvalue weighted by Gasteiger charge is 2.31. The zero-order valence-corrected chi connectivity index (χ0v) is 9.36. The second-order valence-corrected chi connectivity index (χ2v) is 5.14. The number of nitrogens with two attached hydrogens (primary N) is 1. The molecule has 1 aliphatic carbocycles. The van der Waals surface area contributed by atoms with Gasteiger partial charge in [-0.25, -0.2) is 4.98 Å². The summed E-state index contributed by atoms with van der Waals surface area (Å²) in [5.74, 6) is 0. The van der Waals surface area contributed by atoms with Crippen molar-refractivity contribution in [2.24, 2.45) is 5.73 Å². The van der Waals surface area contributed by atoms with Gasteiger partial charge in [-0.05, 0) is 26.2 Å². The number of hydrogen-bond donors (Lipinski definition) is 2. The molecule has 0 aliphatic heterocycles. The molecule has 0 saturated heterocycles. The van der Waals surface area contributed by atoms with E-state index >= 15 is 0 Å². The molecule has 1 fully saturated rings. The van der Waals surface area contributed by atoms with Crippen LogP contribution in [0.15, 0.2) is 5.38 Å². The minimum Gasteiger partial charge on any atom is -0.324 e. The minimum atomic E-state index is 0.0757. The van der Waals surface area contributed by atoms with Crippen molar-refractivity contribution in [1.29, 1.82) is 0 Å².